The summed E-state index contributed by atoms with van der Waals surface area (Å²) in [6, 6.07) is 0.957. The largest absolute Gasteiger partial charge is 0.326 e. The Morgan fingerprint density at radius 2 is 1.78 bits per heavy atom. The molecule has 1 heterocycles. The normalized spacial score (nSPS) is 37.7. The van der Waals surface area contributed by atoms with E-state index in [0.717, 1.165) is 13.1 Å². The van der Waals surface area contributed by atoms with E-state index in [2.05, 4.69) is 44.5 Å². The van der Waals surface area contributed by atoms with Crippen molar-refractivity contribution < 1.29 is 0 Å². The minimum Gasteiger partial charge on any atom is -0.326 e. The summed E-state index contributed by atoms with van der Waals surface area (Å²) in [5.74, 6) is 0. The van der Waals surface area contributed by atoms with Gasteiger partial charge in [0, 0.05) is 37.3 Å². The summed E-state index contributed by atoms with van der Waals surface area (Å²) in [5, 5.41) is 0. The summed E-state index contributed by atoms with van der Waals surface area (Å²) in [6.45, 7) is 13.0. The highest BCUT2D eigenvalue weighted by Gasteiger charge is 2.40. The molecule has 0 bridgehead atoms. The number of hydrogen-bond acceptors (Lipinski definition) is 3. The first-order chi connectivity index (χ1) is 8.21. The van der Waals surface area contributed by atoms with Crippen LogP contribution in [0.3, 0.4) is 0 Å². The van der Waals surface area contributed by atoms with Gasteiger partial charge in [-0.2, -0.15) is 0 Å². The van der Waals surface area contributed by atoms with Crippen molar-refractivity contribution in [2.24, 2.45) is 11.1 Å². The van der Waals surface area contributed by atoms with Gasteiger partial charge in [0.05, 0.1) is 0 Å². The topological polar surface area (TPSA) is 32.5 Å². The summed E-state index contributed by atoms with van der Waals surface area (Å²) in [6.07, 6.45) is 3.72. The molecule has 0 radical (unpaired) electrons. The number of hydrogen-bond donors (Lipinski definition) is 1. The van der Waals surface area contributed by atoms with Crippen LogP contribution in [0.2, 0.25) is 0 Å². The predicted molar refractivity (Wildman–Crippen MR) is 77.7 cm³/mol. The van der Waals surface area contributed by atoms with E-state index in [9.17, 15) is 0 Å². The SMILES string of the molecule is CN1CCN(C2CC(C)(C)CCC2N)CC1(C)C. The van der Waals surface area contributed by atoms with Crippen LogP contribution in [-0.4, -0.2) is 54.1 Å². The molecule has 2 aliphatic rings. The average Bonchev–Trinajstić information content (AvgIpc) is 2.26. The van der Waals surface area contributed by atoms with E-state index in [1.165, 1.54) is 25.8 Å². The van der Waals surface area contributed by atoms with Gasteiger partial charge in [0.2, 0.25) is 0 Å². The molecule has 2 rings (SSSR count). The van der Waals surface area contributed by atoms with Crippen LogP contribution in [0.1, 0.15) is 47.0 Å². The maximum Gasteiger partial charge on any atom is 0.0277 e. The van der Waals surface area contributed by atoms with E-state index in [-0.39, 0.29) is 5.54 Å². The van der Waals surface area contributed by atoms with Crippen LogP contribution in [0, 0.1) is 5.41 Å². The molecule has 1 saturated heterocycles. The Hall–Kier alpha value is -0.120. The highest BCUT2D eigenvalue weighted by molar-refractivity contribution is 4.97. The fourth-order valence-electron chi connectivity index (χ4n) is 3.53. The number of nitrogens with zero attached hydrogens (tertiary/aromatic N) is 2. The standard InChI is InChI=1S/C15H31N3/c1-14(2)7-6-12(16)13(10-14)18-9-8-17(5)15(3,4)11-18/h12-13H,6-11,16H2,1-5H3. The molecule has 2 N–H and O–H groups in total. The first-order valence-electron chi connectivity index (χ1n) is 7.42. The summed E-state index contributed by atoms with van der Waals surface area (Å²) >= 11 is 0. The summed E-state index contributed by atoms with van der Waals surface area (Å²) < 4.78 is 0. The minimum atomic E-state index is 0.277. The molecular formula is C15H31N3. The van der Waals surface area contributed by atoms with Crippen molar-refractivity contribution in [2.45, 2.75) is 64.6 Å². The van der Waals surface area contributed by atoms with Gasteiger partial charge in [0.1, 0.15) is 0 Å². The van der Waals surface area contributed by atoms with Crippen LogP contribution in [0.25, 0.3) is 0 Å². The van der Waals surface area contributed by atoms with Crippen molar-refractivity contribution >= 4 is 0 Å². The maximum absolute atomic E-state index is 6.40. The Bertz CT molecular complexity index is 298. The Morgan fingerprint density at radius 1 is 1.11 bits per heavy atom. The fourth-order valence-corrected chi connectivity index (χ4v) is 3.53. The molecule has 0 spiro atoms. The number of rotatable bonds is 1. The van der Waals surface area contributed by atoms with E-state index >= 15 is 0 Å². The number of piperazine rings is 1. The lowest BCUT2D eigenvalue weighted by Gasteiger charge is -2.52. The lowest BCUT2D eigenvalue weighted by molar-refractivity contribution is -0.0133. The Balaban J connectivity index is 2.06. The van der Waals surface area contributed by atoms with Crippen LogP contribution in [0.4, 0.5) is 0 Å². The molecule has 1 saturated carbocycles. The second kappa shape index (κ2) is 4.77. The maximum atomic E-state index is 6.40. The van der Waals surface area contributed by atoms with Crippen molar-refractivity contribution in [3.8, 4) is 0 Å². The van der Waals surface area contributed by atoms with Crippen molar-refractivity contribution in [1.82, 2.24) is 9.80 Å². The zero-order valence-electron chi connectivity index (χ0n) is 12.9. The third kappa shape index (κ3) is 2.89. The van der Waals surface area contributed by atoms with Gasteiger partial charge in [-0.3, -0.25) is 9.80 Å². The summed E-state index contributed by atoms with van der Waals surface area (Å²) in [7, 11) is 2.24. The molecule has 0 aromatic rings. The van der Waals surface area contributed by atoms with Crippen LogP contribution in [-0.2, 0) is 0 Å². The summed E-state index contributed by atoms with van der Waals surface area (Å²) in [4.78, 5) is 5.13. The molecule has 3 nitrogen and oxygen atoms in total. The molecule has 0 aromatic carbocycles. The first-order valence-corrected chi connectivity index (χ1v) is 7.42. The van der Waals surface area contributed by atoms with Crippen LogP contribution < -0.4 is 5.73 Å². The highest BCUT2D eigenvalue weighted by Crippen LogP contribution is 2.38. The molecular weight excluding hydrogens is 222 g/mol. The van der Waals surface area contributed by atoms with Crippen molar-refractivity contribution in [3.63, 3.8) is 0 Å². The third-order valence-corrected chi connectivity index (χ3v) is 5.23. The predicted octanol–water partition coefficient (Wildman–Crippen LogP) is 1.92. The Kier molecular flexibility index (Phi) is 3.79. The van der Waals surface area contributed by atoms with Gasteiger partial charge in [-0.05, 0) is 45.6 Å². The highest BCUT2D eigenvalue weighted by atomic mass is 15.3. The third-order valence-electron chi connectivity index (χ3n) is 5.23. The number of nitrogens with two attached hydrogens (primary N) is 1. The van der Waals surface area contributed by atoms with Crippen molar-refractivity contribution in [3.05, 3.63) is 0 Å². The van der Waals surface area contributed by atoms with Gasteiger partial charge >= 0.3 is 0 Å². The monoisotopic (exact) mass is 253 g/mol. The lowest BCUT2D eigenvalue weighted by atomic mass is 9.72. The van der Waals surface area contributed by atoms with Gasteiger partial charge in [-0.15, -0.1) is 0 Å². The minimum absolute atomic E-state index is 0.277. The second-order valence-corrected chi connectivity index (χ2v) is 7.84. The molecule has 18 heavy (non-hydrogen) atoms. The zero-order chi connectivity index (χ0) is 13.6. The Labute approximate surface area is 113 Å². The van der Waals surface area contributed by atoms with E-state index in [4.69, 9.17) is 5.73 Å². The molecule has 2 atom stereocenters. The Morgan fingerprint density at radius 3 is 2.39 bits per heavy atom. The quantitative estimate of drug-likeness (QED) is 0.775. The lowest BCUT2D eigenvalue weighted by Crippen LogP contribution is -2.63. The van der Waals surface area contributed by atoms with Gasteiger partial charge in [0.25, 0.3) is 0 Å². The molecule has 0 amide bonds. The number of likely N-dealkylation sites (N-methyl/N-ethyl adjacent to an activating group) is 1. The van der Waals surface area contributed by atoms with E-state index < -0.39 is 0 Å². The molecule has 3 heteroatoms. The van der Waals surface area contributed by atoms with Crippen molar-refractivity contribution in [1.29, 1.82) is 0 Å². The fraction of sp³-hybridized carbons (Fsp3) is 1.00. The molecule has 2 fully saturated rings. The van der Waals surface area contributed by atoms with E-state index in [0.29, 0.717) is 17.5 Å². The van der Waals surface area contributed by atoms with Gasteiger partial charge in [-0.1, -0.05) is 13.8 Å². The molecule has 0 aromatic heterocycles. The average molecular weight is 253 g/mol. The van der Waals surface area contributed by atoms with Crippen LogP contribution in [0.5, 0.6) is 0 Å². The van der Waals surface area contributed by atoms with Crippen LogP contribution >= 0.6 is 0 Å². The van der Waals surface area contributed by atoms with E-state index in [1.54, 1.807) is 0 Å². The van der Waals surface area contributed by atoms with Crippen LogP contribution in [0.15, 0.2) is 0 Å². The molecule has 1 aliphatic carbocycles. The molecule has 2 unspecified atom stereocenters. The van der Waals surface area contributed by atoms with Gasteiger partial charge < -0.3 is 5.73 Å². The molecule has 1 aliphatic heterocycles. The molecule has 106 valence electrons. The van der Waals surface area contributed by atoms with Crippen molar-refractivity contribution in [2.75, 3.05) is 26.7 Å². The van der Waals surface area contributed by atoms with E-state index in [1.807, 2.05) is 0 Å². The van der Waals surface area contributed by atoms with Gasteiger partial charge in [-0.25, -0.2) is 0 Å². The summed E-state index contributed by atoms with van der Waals surface area (Å²) in [5.41, 5.74) is 7.14. The first kappa shape index (κ1) is 14.3. The zero-order valence-corrected chi connectivity index (χ0v) is 12.9. The smallest absolute Gasteiger partial charge is 0.0277 e. The van der Waals surface area contributed by atoms with Gasteiger partial charge in [0.15, 0.2) is 0 Å². The second-order valence-electron chi connectivity index (χ2n) is 7.84.